The van der Waals surface area contributed by atoms with E-state index in [2.05, 4.69) is 29.4 Å². The molecular formula is C20H30N4O3. The zero-order chi connectivity index (χ0) is 20.1. The van der Waals surface area contributed by atoms with Crippen LogP contribution in [0, 0.1) is 11.3 Å². The van der Waals surface area contributed by atoms with E-state index in [0.29, 0.717) is 31.0 Å². The van der Waals surface area contributed by atoms with Crippen LogP contribution in [0.2, 0.25) is 0 Å². The monoisotopic (exact) mass is 374 g/mol. The lowest BCUT2D eigenvalue weighted by molar-refractivity contribution is -0.117. The maximum absolute atomic E-state index is 12.1. The largest absolute Gasteiger partial charge is 0.493 e. The minimum absolute atomic E-state index is 0.0712. The van der Waals surface area contributed by atoms with Gasteiger partial charge in [0.05, 0.1) is 14.2 Å². The molecule has 0 atom stereocenters. The second kappa shape index (κ2) is 12.6. The summed E-state index contributed by atoms with van der Waals surface area (Å²) in [7, 11) is 3.17. The number of ether oxygens (including phenoxy) is 2. The van der Waals surface area contributed by atoms with Gasteiger partial charge in [-0.05, 0) is 37.2 Å². The minimum atomic E-state index is -0.381. The van der Waals surface area contributed by atoms with Gasteiger partial charge in [0, 0.05) is 25.8 Å². The fourth-order valence-electron chi connectivity index (χ4n) is 2.54. The molecule has 7 nitrogen and oxygen atoms in total. The van der Waals surface area contributed by atoms with Crippen LogP contribution in [-0.4, -0.2) is 57.8 Å². The van der Waals surface area contributed by atoms with E-state index < -0.39 is 0 Å². The molecule has 27 heavy (non-hydrogen) atoms. The number of amides is 1. The highest BCUT2D eigenvalue weighted by atomic mass is 16.5. The van der Waals surface area contributed by atoms with Crippen molar-refractivity contribution in [1.82, 2.24) is 15.5 Å². The van der Waals surface area contributed by atoms with E-state index >= 15 is 0 Å². The summed E-state index contributed by atoms with van der Waals surface area (Å²) in [4.78, 5) is 14.4. The molecule has 0 bridgehead atoms. The fourth-order valence-corrected chi connectivity index (χ4v) is 2.54. The van der Waals surface area contributed by atoms with Crippen LogP contribution in [0.5, 0.6) is 11.5 Å². The molecule has 1 aromatic rings. The molecule has 0 radical (unpaired) electrons. The normalized spacial score (nSPS) is 11.0. The highest BCUT2D eigenvalue weighted by Crippen LogP contribution is 2.27. The van der Waals surface area contributed by atoms with E-state index in [1.54, 1.807) is 14.2 Å². The lowest BCUT2D eigenvalue weighted by atomic mass is 10.1. The topological polar surface area (TPSA) is 86.6 Å². The Kier molecular flexibility index (Phi) is 10.4. The summed E-state index contributed by atoms with van der Waals surface area (Å²) in [5.74, 6) is 0.931. The number of nitrogens with one attached hydrogen (secondary N) is 2. The SMILES string of the molecule is CCN(CC)CCN/C=C(/C#N)C(=O)NCCc1ccc(OC)c(OC)c1. The van der Waals surface area contributed by atoms with Gasteiger partial charge in [0.1, 0.15) is 11.6 Å². The number of methoxy groups -OCH3 is 2. The molecule has 1 amide bonds. The van der Waals surface area contributed by atoms with Gasteiger partial charge in [-0.15, -0.1) is 0 Å². The predicted octanol–water partition coefficient (Wildman–Crippen LogP) is 1.70. The van der Waals surface area contributed by atoms with E-state index in [4.69, 9.17) is 9.47 Å². The zero-order valence-corrected chi connectivity index (χ0v) is 16.7. The number of hydrogen-bond acceptors (Lipinski definition) is 6. The zero-order valence-electron chi connectivity index (χ0n) is 16.7. The molecule has 0 saturated heterocycles. The maximum atomic E-state index is 12.1. The number of likely N-dealkylation sites (N-methyl/N-ethyl adjacent to an activating group) is 1. The Morgan fingerprint density at radius 1 is 1.19 bits per heavy atom. The van der Waals surface area contributed by atoms with Crippen molar-refractivity contribution >= 4 is 5.91 Å². The molecule has 0 aliphatic rings. The predicted molar refractivity (Wildman–Crippen MR) is 106 cm³/mol. The van der Waals surface area contributed by atoms with E-state index in [1.807, 2.05) is 24.3 Å². The van der Waals surface area contributed by atoms with Gasteiger partial charge in [-0.25, -0.2) is 0 Å². The summed E-state index contributed by atoms with van der Waals surface area (Å²) in [5, 5.41) is 15.0. The Bertz CT molecular complexity index is 664. The van der Waals surface area contributed by atoms with Gasteiger partial charge in [0.15, 0.2) is 11.5 Å². The first-order chi connectivity index (χ1) is 13.1. The number of hydrogen-bond donors (Lipinski definition) is 2. The molecule has 0 unspecified atom stereocenters. The molecule has 0 fully saturated rings. The summed E-state index contributed by atoms with van der Waals surface area (Å²) < 4.78 is 10.5. The average Bonchev–Trinajstić information content (AvgIpc) is 2.70. The Labute approximate surface area is 161 Å². The highest BCUT2D eigenvalue weighted by molar-refractivity contribution is 5.97. The second-order valence-electron chi connectivity index (χ2n) is 5.85. The van der Waals surface area contributed by atoms with Crippen molar-refractivity contribution in [3.63, 3.8) is 0 Å². The summed E-state index contributed by atoms with van der Waals surface area (Å²) in [6, 6.07) is 7.56. The van der Waals surface area contributed by atoms with Crippen molar-refractivity contribution in [2.75, 3.05) is 46.9 Å². The first-order valence-corrected chi connectivity index (χ1v) is 9.14. The van der Waals surface area contributed by atoms with Gasteiger partial charge in [-0.3, -0.25) is 4.79 Å². The Morgan fingerprint density at radius 3 is 2.48 bits per heavy atom. The second-order valence-corrected chi connectivity index (χ2v) is 5.85. The lowest BCUT2D eigenvalue weighted by Crippen LogP contribution is -2.31. The lowest BCUT2D eigenvalue weighted by Gasteiger charge is -2.17. The van der Waals surface area contributed by atoms with Crippen molar-refractivity contribution in [2.45, 2.75) is 20.3 Å². The number of carbonyl (C=O) groups excluding carboxylic acids is 1. The molecule has 0 saturated carbocycles. The molecular weight excluding hydrogens is 344 g/mol. The van der Waals surface area contributed by atoms with Gasteiger partial charge in [-0.1, -0.05) is 19.9 Å². The van der Waals surface area contributed by atoms with Gasteiger partial charge in [0.25, 0.3) is 5.91 Å². The molecule has 2 N–H and O–H groups in total. The Morgan fingerprint density at radius 2 is 1.89 bits per heavy atom. The first-order valence-electron chi connectivity index (χ1n) is 9.14. The van der Waals surface area contributed by atoms with Gasteiger partial charge in [-0.2, -0.15) is 5.26 Å². The van der Waals surface area contributed by atoms with E-state index in [9.17, 15) is 10.1 Å². The number of nitriles is 1. The number of carbonyl (C=O) groups is 1. The maximum Gasteiger partial charge on any atom is 0.263 e. The summed E-state index contributed by atoms with van der Waals surface area (Å²) in [6.07, 6.45) is 2.11. The molecule has 0 spiro atoms. The smallest absolute Gasteiger partial charge is 0.263 e. The number of rotatable bonds is 12. The first kappa shape index (κ1) is 22.3. The van der Waals surface area contributed by atoms with Crippen LogP contribution in [-0.2, 0) is 11.2 Å². The molecule has 0 aliphatic carbocycles. The quantitative estimate of drug-likeness (QED) is 0.329. The van der Waals surface area contributed by atoms with Gasteiger partial charge in [0.2, 0.25) is 0 Å². The minimum Gasteiger partial charge on any atom is -0.493 e. The average molecular weight is 374 g/mol. The molecule has 1 rings (SSSR count). The third kappa shape index (κ3) is 7.59. The highest BCUT2D eigenvalue weighted by Gasteiger charge is 2.09. The van der Waals surface area contributed by atoms with Gasteiger partial charge < -0.3 is 25.0 Å². The molecule has 7 heteroatoms. The van der Waals surface area contributed by atoms with Crippen LogP contribution >= 0.6 is 0 Å². The number of nitrogens with zero attached hydrogens (tertiary/aromatic N) is 2. The number of benzene rings is 1. The fraction of sp³-hybridized carbons (Fsp3) is 0.500. The standard InChI is InChI=1S/C20H30N4O3/c1-5-24(6-2)12-11-22-15-17(14-21)20(25)23-10-9-16-7-8-18(26-3)19(13-16)27-4/h7-8,13,15,22H,5-6,9-12H2,1-4H3,(H,23,25)/b17-15-. The van der Waals surface area contributed by atoms with E-state index in [-0.39, 0.29) is 11.5 Å². The van der Waals surface area contributed by atoms with Crippen LogP contribution < -0.4 is 20.1 Å². The van der Waals surface area contributed by atoms with Gasteiger partial charge >= 0.3 is 0 Å². The molecule has 0 heterocycles. The molecule has 0 aromatic heterocycles. The molecule has 1 aromatic carbocycles. The van der Waals surface area contributed by atoms with Crippen molar-refractivity contribution in [1.29, 1.82) is 5.26 Å². The van der Waals surface area contributed by atoms with Crippen molar-refractivity contribution in [3.05, 3.63) is 35.5 Å². The van der Waals surface area contributed by atoms with Crippen LogP contribution in [0.3, 0.4) is 0 Å². The Balaban J connectivity index is 2.47. The molecule has 148 valence electrons. The third-order valence-corrected chi connectivity index (χ3v) is 4.23. The van der Waals surface area contributed by atoms with Crippen molar-refractivity contribution in [2.24, 2.45) is 0 Å². The van der Waals surface area contributed by atoms with Crippen LogP contribution in [0.4, 0.5) is 0 Å². The van der Waals surface area contributed by atoms with Crippen LogP contribution in [0.1, 0.15) is 19.4 Å². The summed E-state index contributed by atoms with van der Waals surface area (Å²) in [5.41, 5.74) is 1.08. The van der Waals surface area contributed by atoms with Crippen LogP contribution in [0.15, 0.2) is 30.0 Å². The summed E-state index contributed by atoms with van der Waals surface area (Å²) in [6.45, 7) is 8.13. The summed E-state index contributed by atoms with van der Waals surface area (Å²) >= 11 is 0. The molecule has 0 aliphatic heterocycles. The van der Waals surface area contributed by atoms with Crippen molar-refractivity contribution < 1.29 is 14.3 Å². The van der Waals surface area contributed by atoms with E-state index in [0.717, 1.165) is 25.2 Å². The third-order valence-electron chi connectivity index (χ3n) is 4.23. The van der Waals surface area contributed by atoms with E-state index in [1.165, 1.54) is 6.20 Å². The Hall–Kier alpha value is -2.72. The van der Waals surface area contributed by atoms with Crippen molar-refractivity contribution in [3.8, 4) is 17.6 Å². The van der Waals surface area contributed by atoms with Crippen LogP contribution in [0.25, 0.3) is 0 Å².